The normalized spacial score (nSPS) is 19.6. The second kappa shape index (κ2) is 8.42. The SMILES string of the molecule is CN1CCN(c2nc3c(c(N4CCCC4)n2)CN(C(=O)c2cccc(F)c2)CC3)CC1. The maximum atomic E-state index is 13.6. The fourth-order valence-corrected chi connectivity index (χ4v) is 4.70. The molecule has 0 unspecified atom stereocenters. The number of hydrogen-bond acceptors (Lipinski definition) is 6. The van der Waals surface area contributed by atoms with Crippen molar-refractivity contribution >= 4 is 17.7 Å². The molecule has 164 valence electrons. The molecule has 5 rings (SSSR count). The Balaban J connectivity index is 1.45. The van der Waals surface area contributed by atoms with Crippen molar-refractivity contribution in [2.45, 2.75) is 25.8 Å². The van der Waals surface area contributed by atoms with E-state index in [9.17, 15) is 9.18 Å². The first-order valence-corrected chi connectivity index (χ1v) is 11.2. The molecule has 0 bridgehead atoms. The maximum absolute atomic E-state index is 13.6. The predicted octanol–water partition coefficient (Wildman–Crippen LogP) is 2.17. The minimum atomic E-state index is -0.388. The number of likely N-dealkylation sites (N-methyl/N-ethyl adjacent to an activating group) is 1. The van der Waals surface area contributed by atoms with Crippen LogP contribution < -0.4 is 9.80 Å². The Morgan fingerprint density at radius 1 is 0.968 bits per heavy atom. The molecule has 0 saturated carbocycles. The lowest BCUT2D eigenvalue weighted by molar-refractivity contribution is 0.0733. The van der Waals surface area contributed by atoms with Gasteiger partial charge in [-0.2, -0.15) is 4.98 Å². The molecule has 2 fully saturated rings. The summed E-state index contributed by atoms with van der Waals surface area (Å²) in [6.45, 7) is 6.91. The second-order valence-electron chi connectivity index (χ2n) is 8.74. The summed E-state index contributed by atoms with van der Waals surface area (Å²) < 4.78 is 13.6. The summed E-state index contributed by atoms with van der Waals surface area (Å²) in [5.74, 6) is 1.27. The van der Waals surface area contributed by atoms with Crippen LogP contribution in [-0.2, 0) is 13.0 Å². The Morgan fingerprint density at radius 2 is 1.74 bits per heavy atom. The summed E-state index contributed by atoms with van der Waals surface area (Å²) in [7, 11) is 2.14. The average Bonchev–Trinajstić information content (AvgIpc) is 3.33. The van der Waals surface area contributed by atoms with Crippen LogP contribution in [0.15, 0.2) is 24.3 Å². The first-order valence-electron chi connectivity index (χ1n) is 11.2. The third-order valence-electron chi connectivity index (χ3n) is 6.58. The standard InChI is InChI=1S/C23H29FN6O/c1-27-11-13-29(14-12-27)23-25-20-7-10-30(22(31)17-5-4-6-18(24)15-17)16-19(20)21(26-23)28-8-2-3-9-28/h4-6,15H,2-3,7-14,16H2,1H3. The molecule has 0 atom stereocenters. The number of amides is 1. The number of carbonyl (C=O) groups excluding carboxylic acids is 1. The number of hydrogen-bond donors (Lipinski definition) is 0. The molecular weight excluding hydrogens is 395 g/mol. The topological polar surface area (TPSA) is 55.8 Å². The van der Waals surface area contributed by atoms with E-state index in [2.05, 4.69) is 21.7 Å². The molecule has 7 nitrogen and oxygen atoms in total. The highest BCUT2D eigenvalue weighted by Gasteiger charge is 2.30. The second-order valence-corrected chi connectivity index (χ2v) is 8.74. The third kappa shape index (κ3) is 4.08. The van der Waals surface area contributed by atoms with E-state index >= 15 is 0 Å². The van der Waals surface area contributed by atoms with Gasteiger partial charge in [-0.1, -0.05) is 6.07 Å². The number of carbonyl (C=O) groups is 1. The summed E-state index contributed by atoms with van der Waals surface area (Å²) >= 11 is 0. The smallest absolute Gasteiger partial charge is 0.254 e. The summed E-state index contributed by atoms with van der Waals surface area (Å²) in [6.07, 6.45) is 3.02. The zero-order valence-electron chi connectivity index (χ0n) is 18.1. The molecule has 1 aromatic heterocycles. The number of halogens is 1. The Labute approximate surface area is 182 Å². The molecule has 0 spiro atoms. The lowest BCUT2D eigenvalue weighted by Crippen LogP contribution is -2.45. The minimum absolute atomic E-state index is 0.138. The van der Waals surface area contributed by atoms with Crippen LogP contribution in [0.25, 0.3) is 0 Å². The van der Waals surface area contributed by atoms with Crippen LogP contribution >= 0.6 is 0 Å². The predicted molar refractivity (Wildman–Crippen MR) is 118 cm³/mol. The minimum Gasteiger partial charge on any atom is -0.356 e. The van der Waals surface area contributed by atoms with E-state index in [1.165, 1.54) is 12.1 Å². The van der Waals surface area contributed by atoms with E-state index in [0.29, 0.717) is 25.1 Å². The van der Waals surface area contributed by atoms with Crippen LogP contribution in [0, 0.1) is 5.82 Å². The van der Waals surface area contributed by atoms with Gasteiger partial charge in [0, 0.05) is 63.4 Å². The van der Waals surface area contributed by atoms with Crippen molar-refractivity contribution in [3.05, 3.63) is 46.9 Å². The molecule has 2 saturated heterocycles. The zero-order chi connectivity index (χ0) is 21.4. The van der Waals surface area contributed by atoms with Crippen molar-refractivity contribution in [1.29, 1.82) is 0 Å². The van der Waals surface area contributed by atoms with Crippen LogP contribution in [0.5, 0.6) is 0 Å². The van der Waals surface area contributed by atoms with Gasteiger partial charge in [0.15, 0.2) is 0 Å². The molecule has 0 radical (unpaired) electrons. The summed E-state index contributed by atoms with van der Waals surface area (Å²) in [6, 6.07) is 5.94. The fraction of sp³-hybridized carbons (Fsp3) is 0.522. The highest BCUT2D eigenvalue weighted by atomic mass is 19.1. The largest absolute Gasteiger partial charge is 0.356 e. The van der Waals surface area contributed by atoms with Gasteiger partial charge >= 0.3 is 0 Å². The highest BCUT2D eigenvalue weighted by molar-refractivity contribution is 5.94. The van der Waals surface area contributed by atoms with Gasteiger partial charge in [-0.15, -0.1) is 0 Å². The van der Waals surface area contributed by atoms with Crippen molar-refractivity contribution < 1.29 is 9.18 Å². The molecule has 1 aromatic carbocycles. The monoisotopic (exact) mass is 424 g/mol. The van der Waals surface area contributed by atoms with Gasteiger partial charge in [-0.3, -0.25) is 4.79 Å². The summed E-state index contributed by atoms with van der Waals surface area (Å²) in [5, 5.41) is 0. The number of piperazine rings is 1. The number of fused-ring (bicyclic) bond motifs is 1. The van der Waals surface area contributed by atoms with Gasteiger partial charge in [0.05, 0.1) is 12.2 Å². The van der Waals surface area contributed by atoms with Gasteiger partial charge in [0.1, 0.15) is 11.6 Å². The molecule has 8 heteroatoms. The Bertz CT molecular complexity index is 969. The first-order chi connectivity index (χ1) is 15.1. The van der Waals surface area contributed by atoms with Gasteiger partial charge in [0.2, 0.25) is 5.95 Å². The fourth-order valence-electron chi connectivity index (χ4n) is 4.70. The van der Waals surface area contributed by atoms with E-state index in [4.69, 9.17) is 9.97 Å². The third-order valence-corrected chi connectivity index (χ3v) is 6.58. The molecule has 3 aliphatic heterocycles. The number of nitrogens with zero attached hydrogens (tertiary/aromatic N) is 6. The van der Waals surface area contributed by atoms with Gasteiger partial charge < -0.3 is 19.6 Å². The number of rotatable bonds is 3. The first kappa shape index (κ1) is 20.2. The lowest BCUT2D eigenvalue weighted by Gasteiger charge is -2.35. The average molecular weight is 425 g/mol. The van der Waals surface area contributed by atoms with Crippen LogP contribution in [-0.4, -0.2) is 78.5 Å². The lowest BCUT2D eigenvalue weighted by atomic mass is 10.0. The Kier molecular flexibility index (Phi) is 5.48. The molecular formula is C23H29FN6O. The van der Waals surface area contributed by atoms with Crippen molar-refractivity contribution in [1.82, 2.24) is 19.8 Å². The summed E-state index contributed by atoms with van der Waals surface area (Å²) in [4.78, 5) is 31.8. The van der Waals surface area contributed by atoms with Crippen LogP contribution in [0.4, 0.5) is 16.2 Å². The Morgan fingerprint density at radius 3 is 2.48 bits per heavy atom. The molecule has 3 aliphatic rings. The van der Waals surface area contributed by atoms with E-state index < -0.39 is 0 Å². The van der Waals surface area contributed by atoms with E-state index in [-0.39, 0.29) is 11.7 Å². The molecule has 0 N–H and O–H groups in total. The van der Waals surface area contributed by atoms with E-state index in [0.717, 1.165) is 75.1 Å². The molecule has 2 aromatic rings. The summed E-state index contributed by atoms with van der Waals surface area (Å²) in [5.41, 5.74) is 2.49. The van der Waals surface area contributed by atoms with Crippen molar-refractivity contribution in [3.8, 4) is 0 Å². The number of aromatic nitrogens is 2. The maximum Gasteiger partial charge on any atom is 0.254 e. The van der Waals surface area contributed by atoms with Crippen molar-refractivity contribution in [3.63, 3.8) is 0 Å². The van der Waals surface area contributed by atoms with E-state index in [1.807, 2.05) is 0 Å². The molecule has 1 amide bonds. The van der Waals surface area contributed by atoms with Crippen molar-refractivity contribution in [2.75, 3.05) is 62.7 Å². The number of benzene rings is 1. The van der Waals surface area contributed by atoms with Crippen LogP contribution in [0.1, 0.15) is 34.5 Å². The van der Waals surface area contributed by atoms with Gasteiger partial charge in [-0.05, 0) is 38.1 Å². The zero-order valence-corrected chi connectivity index (χ0v) is 18.1. The number of anilines is 2. The van der Waals surface area contributed by atoms with Crippen molar-refractivity contribution in [2.24, 2.45) is 0 Å². The highest BCUT2D eigenvalue weighted by Crippen LogP contribution is 2.31. The molecule has 0 aliphatic carbocycles. The quantitative estimate of drug-likeness (QED) is 0.753. The molecule has 31 heavy (non-hydrogen) atoms. The molecule has 4 heterocycles. The van der Waals surface area contributed by atoms with Gasteiger partial charge in [0.25, 0.3) is 5.91 Å². The van der Waals surface area contributed by atoms with Crippen LogP contribution in [0.2, 0.25) is 0 Å². The van der Waals surface area contributed by atoms with Gasteiger partial charge in [-0.25, -0.2) is 9.37 Å². The Hall–Kier alpha value is -2.74. The van der Waals surface area contributed by atoms with E-state index in [1.54, 1.807) is 17.0 Å². The van der Waals surface area contributed by atoms with Crippen LogP contribution in [0.3, 0.4) is 0 Å².